The maximum absolute atomic E-state index is 5.85. The van der Waals surface area contributed by atoms with Crippen LogP contribution in [0.3, 0.4) is 0 Å². The first-order valence-corrected chi connectivity index (χ1v) is 9.51. The van der Waals surface area contributed by atoms with Gasteiger partial charge in [0.15, 0.2) is 23.0 Å². The number of hydrogen-bond acceptors (Lipinski definition) is 5. The zero-order valence-electron chi connectivity index (χ0n) is 17.8. The van der Waals surface area contributed by atoms with Crippen molar-refractivity contribution in [1.29, 1.82) is 0 Å². The average Bonchev–Trinajstić information content (AvgIpc) is 2.76. The minimum absolute atomic E-state index is 0.0116. The van der Waals surface area contributed by atoms with E-state index in [0.29, 0.717) is 12.4 Å². The van der Waals surface area contributed by atoms with Crippen LogP contribution in [0.5, 0.6) is 23.0 Å². The molecule has 0 N–H and O–H groups in total. The second-order valence-electron chi connectivity index (χ2n) is 6.35. The van der Waals surface area contributed by atoms with Crippen LogP contribution in [0.15, 0.2) is 48.6 Å². The fourth-order valence-electron chi connectivity index (χ4n) is 2.76. The van der Waals surface area contributed by atoms with Gasteiger partial charge in [-0.25, -0.2) is 0 Å². The molecule has 5 heteroatoms. The summed E-state index contributed by atoms with van der Waals surface area (Å²) in [7, 11) is 6.52. The highest BCUT2D eigenvalue weighted by atomic mass is 16.5. The van der Waals surface area contributed by atoms with Gasteiger partial charge >= 0.3 is 0 Å². The number of benzene rings is 2. The molecule has 0 saturated carbocycles. The van der Waals surface area contributed by atoms with E-state index in [1.807, 2.05) is 55.5 Å². The summed E-state index contributed by atoms with van der Waals surface area (Å²) in [6, 6.07) is 11.7. The largest absolute Gasteiger partial charge is 0.493 e. The number of hydrogen-bond donors (Lipinski definition) is 0. The fraction of sp³-hybridized carbons (Fsp3) is 0.333. The topological polar surface area (TPSA) is 46.2 Å². The molecule has 0 amide bonds. The van der Waals surface area contributed by atoms with Crippen molar-refractivity contribution in [3.8, 4) is 23.0 Å². The first kappa shape index (κ1) is 22.4. The van der Waals surface area contributed by atoms with Crippen LogP contribution in [0.4, 0.5) is 0 Å². The smallest absolute Gasteiger partial charge is 0.161 e. The Balaban J connectivity index is 1.80. The molecule has 156 valence electrons. The molecule has 5 nitrogen and oxygen atoms in total. The number of rotatable bonds is 11. The third-order valence-electron chi connectivity index (χ3n) is 4.35. The molecule has 0 aliphatic rings. The van der Waals surface area contributed by atoms with Gasteiger partial charge in [-0.1, -0.05) is 36.4 Å². The first-order valence-electron chi connectivity index (χ1n) is 9.51. The van der Waals surface area contributed by atoms with Crippen LogP contribution in [0.2, 0.25) is 0 Å². The summed E-state index contributed by atoms with van der Waals surface area (Å²) < 4.78 is 27.0. The quantitative estimate of drug-likeness (QED) is 0.484. The predicted octanol–water partition coefficient (Wildman–Crippen LogP) is 5.24. The molecule has 0 unspecified atom stereocenters. The zero-order chi connectivity index (χ0) is 21.1. The van der Waals surface area contributed by atoms with E-state index in [-0.39, 0.29) is 6.10 Å². The Kier molecular flexibility index (Phi) is 9.12. The van der Waals surface area contributed by atoms with Crippen molar-refractivity contribution >= 4 is 12.2 Å². The standard InChI is InChI=1S/C24H30O5/c1-18(9-10-20-12-14-22(26-3)24(17-20)28-5)29-15-7-6-8-19-11-13-21(25-2)23(16-19)27-4/h6,8-14,16-18H,7,15H2,1-5H3/t18-/m0/s1. The molecule has 0 aromatic heterocycles. The van der Waals surface area contributed by atoms with Crippen molar-refractivity contribution in [3.05, 3.63) is 59.7 Å². The van der Waals surface area contributed by atoms with Crippen LogP contribution < -0.4 is 18.9 Å². The van der Waals surface area contributed by atoms with Crippen molar-refractivity contribution in [1.82, 2.24) is 0 Å². The Morgan fingerprint density at radius 1 is 0.724 bits per heavy atom. The molecule has 1 atom stereocenters. The summed E-state index contributed by atoms with van der Waals surface area (Å²) in [5, 5.41) is 0. The van der Waals surface area contributed by atoms with Gasteiger partial charge in [0.1, 0.15) is 0 Å². The van der Waals surface area contributed by atoms with Crippen LogP contribution in [0, 0.1) is 0 Å². The van der Waals surface area contributed by atoms with Gasteiger partial charge in [-0.15, -0.1) is 0 Å². The lowest BCUT2D eigenvalue weighted by molar-refractivity contribution is 0.102. The van der Waals surface area contributed by atoms with Gasteiger partial charge in [-0.3, -0.25) is 0 Å². The van der Waals surface area contributed by atoms with Crippen LogP contribution in [0.25, 0.3) is 12.2 Å². The Labute approximate surface area is 173 Å². The van der Waals surface area contributed by atoms with Gasteiger partial charge in [0.2, 0.25) is 0 Å². The van der Waals surface area contributed by atoms with E-state index in [2.05, 4.69) is 12.2 Å². The minimum Gasteiger partial charge on any atom is -0.493 e. The molecule has 2 aromatic carbocycles. The Hall–Kier alpha value is -2.92. The van der Waals surface area contributed by atoms with E-state index >= 15 is 0 Å². The first-order chi connectivity index (χ1) is 14.1. The molecule has 2 rings (SSSR count). The highest BCUT2D eigenvalue weighted by Crippen LogP contribution is 2.29. The molecule has 0 saturated heterocycles. The molecule has 2 aromatic rings. The zero-order valence-corrected chi connectivity index (χ0v) is 17.8. The Bertz CT molecular complexity index is 826. The van der Waals surface area contributed by atoms with Crippen LogP contribution in [0.1, 0.15) is 24.5 Å². The summed E-state index contributed by atoms with van der Waals surface area (Å²) in [4.78, 5) is 0. The monoisotopic (exact) mass is 398 g/mol. The maximum atomic E-state index is 5.85. The van der Waals surface area contributed by atoms with Crippen molar-refractivity contribution in [2.75, 3.05) is 35.0 Å². The lowest BCUT2D eigenvalue weighted by Gasteiger charge is -2.09. The van der Waals surface area contributed by atoms with Gasteiger partial charge in [0, 0.05) is 0 Å². The molecule has 0 spiro atoms. The van der Waals surface area contributed by atoms with Crippen molar-refractivity contribution in [2.45, 2.75) is 19.4 Å². The lowest BCUT2D eigenvalue weighted by Crippen LogP contribution is -2.05. The van der Waals surface area contributed by atoms with Gasteiger partial charge in [-0.05, 0) is 48.7 Å². The predicted molar refractivity (Wildman–Crippen MR) is 117 cm³/mol. The lowest BCUT2D eigenvalue weighted by atomic mass is 10.1. The van der Waals surface area contributed by atoms with Crippen molar-refractivity contribution in [3.63, 3.8) is 0 Å². The van der Waals surface area contributed by atoms with Gasteiger partial charge < -0.3 is 23.7 Å². The minimum atomic E-state index is 0.0116. The van der Waals surface area contributed by atoms with Crippen LogP contribution >= 0.6 is 0 Å². The van der Waals surface area contributed by atoms with Crippen molar-refractivity contribution < 1.29 is 23.7 Å². The van der Waals surface area contributed by atoms with E-state index in [4.69, 9.17) is 23.7 Å². The number of ether oxygens (including phenoxy) is 5. The molecule has 0 fully saturated rings. The van der Waals surface area contributed by atoms with Crippen LogP contribution in [-0.4, -0.2) is 41.2 Å². The molecule has 0 bridgehead atoms. The number of methoxy groups -OCH3 is 4. The summed E-state index contributed by atoms with van der Waals surface area (Å²) in [6.45, 7) is 2.66. The molecule has 29 heavy (non-hydrogen) atoms. The highest BCUT2D eigenvalue weighted by Gasteiger charge is 2.04. The van der Waals surface area contributed by atoms with Gasteiger partial charge in [-0.2, -0.15) is 0 Å². The SMILES string of the molecule is COc1ccc(C=CCCO[C@@H](C)C=Cc2ccc(OC)c(OC)c2)cc1OC. The molecule has 0 heterocycles. The molecule has 0 aliphatic heterocycles. The Morgan fingerprint density at radius 2 is 1.24 bits per heavy atom. The van der Waals surface area contributed by atoms with E-state index in [1.165, 1.54) is 0 Å². The molecular weight excluding hydrogens is 368 g/mol. The van der Waals surface area contributed by atoms with Gasteiger partial charge in [0.25, 0.3) is 0 Å². The Morgan fingerprint density at radius 3 is 1.76 bits per heavy atom. The second kappa shape index (κ2) is 11.8. The van der Waals surface area contributed by atoms with E-state index < -0.39 is 0 Å². The van der Waals surface area contributed by atoms with Crippen molar-refractivity contribution in [2.24, 2.45) is 0 Å². The molecule has 0 aliphatic carbocycles. The van der Waals surface area contributed by atoms with Crippen LogP contribution in [-0.2, 0) is 4.74 Å². The summed E-state index contributed by atoms with van der Waals surface area (Å²) >= 11 is 0. The summed E-state index contributed by atoms with van der Waals surface area (Å²) in [5.41, 5.74) is 2.09. The fourth-order valence-corrected chi connectivity index (χ4v) is 2.76. The molecular formula is C24H30O5. The van der Waals surface area contributed by atoms with E-state index in [9.17, 15) is 0 Å². The second-order valence-corrected chi connectivity index (χ2v) is 6.35. The van der Waals surface area contributed by atoms with E-state index in [0.717, 1.165) is 34.8 Å². The molecule has 0 radical (unpaired) electrons. The van der Waals surface area contributed by atoms with E-state index in [1.54, 1.807) is 28.4 Å². The normalized spacial score (nSPS) is 12.3. The summed E-state index contributed by atoms with van der Waals surface area (Å²) in [5.74, 6) is 2.88. The van der Waals surface area contributed by atoms with Gasteiger partial charge in [0.05, 0.1) is 41.2 Å². The average molecular weight is 398 g/mol. The maximum Gasteiger partial charge on any atom is 0.161 e. The third kappa shape index (κ3) is 6.88. The summed E-state index contributed by atoms with van der Waals surface area (Å²) in [6.07, 6.45) is 9.02. The highest BCUT2D eigenvalue weighted by molar-refractivity contribution is 5.57. The third-order valence-corrected chi connectivity index (χ3v) is 4.35.